The van der Waals surface area contributed by atoms with Crippen LogP contribution < -0.4 is 9.64 Å². The zero-order valence-corrected chi connectivity index (χ0v) is 28.5. The highest BCUT2D eigenvalue weighted by molar-refractivity contribution is 6.35. The number of rotatable bonds is 8. The van der Waals surface area contributed by atoms with Crippen LogP contribution in [0.25, 0.3) is 11.3 Å². The van der Waals surface area contributed by atoms with E-state index in [1.165, 1.54) is 13.3 Å². The minimum atomic E-state index is -0.609. The number of hydrogen-bond acceptors (Lipinski definition) is 10. The van der Waals surface area contributed by atoms with Crippen LogP contribution in [0.4, 0.5) is 15.0 Å². The number of pyridine rings is 1. The summed E-state index contributed by atoms with van der Waals surface area (Å²) in [4.78, 5) is 43.3. The molecule has 0 radical (unpaired) electrons. The Labute approximate surface area is 283 Å². The zero-order valence-electron chi connectivity index (χ0n) is 27.0. The number of nitrogens with zero attached hydrogens (tertiary/aromatic N) is 6. The number of halogens is 3. The van der Waals surface area contributed by atoms with Crippen LogP contribution in [0.3, 0.4) is 0 Å². The molecule has 0 aliphatic carbocycles. The van der Waals surface area contributed by atoms with Crippen molar-refractivity contribution in [2.24, 2.45) is 5.92 Å². The lowest BCUT2D eigenvalue weighted by Crippen LogP contribution is -2.50. The van der Waals surface area contributed by atoms with Crippen molar-refractivity contribution < 1.29 is 28.2 Å². The van der Waals surface area contributed by atoms with Gasteiger partial charge in [0, 0.05) is 60.3 Å². The van der Waals surface area contributed by atoms with Gasteiger partial charge in [0.2, 0.25) is 5.88 Å². The van der Waals surface area contributed by atoms with Gasteiger partial charge < -0.3 is 24.0 Å². The second-order valence-electron chi connectivity index (χ2n) is 12.7. The first-order valence-corrected chi connectivity index (χ1v) is 16.3. The van der Waals surface area contributed by atoms with Gasteiger partial charge in [-0.15, -0.1) is 0 Å². The molecule has 0 unspecified atom stereocenters. The maximum absolute atomic E-state index is 16.0. The van der Waals surface area contributed by atoms with Crippen LogP contribution in [-0.4, -0.2) is 88.8 Å². The number of anilines is 1. The summed E-state index contributed by atoms with van der Waals surface area (Å²) < 4.78 is 32.2. The van der Waals surface area contributed by atoms with E-state index in [1.54, 1.807) is 35.4 Å². The van der Waals surface area contributed by atoms with Crippen molar-refractivity contribution in [2.75, 3.05) is 51.3 Å². The average molecular weight is 690 g/mol. The smallest absolute Gasteiger partial charge is 0.410 e. The highest BCUT2D eigenvalue weighted by atomic mass is 35.5. The van der Waals surface area contributed by atoms with Crippen LogP contribution in [0.15, 0.2) is 36.7 Å². The number of piperazine rings is 1. The van der Waals surface area contributed by atoms with Crippen molar-refractivity contribution in [1.29, 1.82) is 0 Å². The molecule has 3 aromatic rings. The Hall–Kier alpha value is -3.74. The molecular weight excluding hydrogens is 650 g/mol. The van der Waals surface area contributed by atoms with Gasteiger partial charge in [0.1, 0.15) is 11.4 Å². The SMILES string of the molecule is COC(=O)CC1CCN(Cc2cc(-c3cc(Cl)cc(Cl)c3)nc(Oc3cnc(N4CCN(C(=O)OC(C)(C)C)CC4)cn3)c2F)CC1. The van der Waals surface area contributed by atoms with E-state index in [9.17, 15) is 9.59 Å². The van der Waals surface area contributed by atoms with Crippen LogP contribution in [0.5, 0.6) is 11.8 Å². The summed E-state index contributed by atoms with van der Waals surface area (Å²) in [5, 5.41) is 0.840. The monoisotopic (exact) mass is 688 g/mol. The number of piperidine rings is 1. The first kappa shape index (κ1) is 34.6. The standard InChI is InChI=1S/C33H39Cl2FN6O5/c1-33(2,3)47-32(44)42-11-9-41(10-12-42)27-18-38-28(19-37-27)46-31-30(36)23(16-26(39-31)22-14-24(34)17-25(35)15-22)20-40-7-5-21(6-8-40)13-29(43)45-4/h14-19,21H,5-13,20H2,1-4H3. The Morgan fingerprint density at radius 3 is 2.23 bits per heavy atom. The van der Waals surface area contributed by atoms with Gasteiger partial charge in [-0.2, -0.15) is 0 Å². The maximum atomic E-state index is 16.0. The number of aromatic nitrogens is 3. The van der Waals surface area contributed by atoms with E-state index in [0.29, 0.717) is 84.9 Å². The molecule has 47 heavy (non-hydrogen) atoms. The normalized spacial score (nSPS) is 16.2. The third kappa shape index (κ3) is 9.42. The number of carbonyl (C=O) groups is 2. The fourth-order valence-corrected chi connectivity index (χ4v) is 6.09. The molecule has 0 bridgehead atoms. The molecule has 11 nitrogen and oxygen atoms in total. The van der Waals surface area contributed by atoms with Gasteiger partial charge in [-0.05, 0) is 76.9 Å². The number of esters is 1. The minimum absolute atomic E-state index is 0.0726. The Balaban J connectivity index is 1.30. The van der Waals surface area contributed by atoms with Gasteiger partial charge in [0.05, 0.1) is 25.2 Å². The first-order valence-electron chi connectivity index (χ1n) is 15.5. The van der Waals surface area contributed by atoms with Crippen LogP contribution in [0.2, 0.25) is 10.0 Å². The number of ether oxygens (including phenoxy) is 3. The molecule has 2 aromatic heterocycles. The summed E-state index contributed by atoms with van der Waals surface area (Å²) in [6, 6.07) is 6.70. The van der Waals surface area contributed by atoms with E-state index < -0.39 is 11.4 Å². The molecule has 2 aliphatic rings. The van der Waals surface area contributed by atoms with E-state index in [0.717, 1.165) is 12.8 Å². The van der Waals surface area contributed by atoms with Crippen LogP contribution in [0, 0.1) is 11.7 Å². The van der Waals surface area contributed by atoms with Gasteiger partial charge in [0.15, 0.2) is 5.82 Å². The summed E-state index contributed by atoms with van der Waals surface area (Å²) >= 11 is 12.6. The third-order valence-electron chi connectivity index (χ3n) is 8.02. The second kappa shape index (κ2) is 15.0. The topological polar surface area (TPSA) is 110 Å². The number of likely N-dealkylation sites (tertiary alicyclic amines) is 1. The minimum Gasteiger partial charge on any atom is -0.469 e. The lowest BCUT2D eigenvalue weighted by atomic mass is 9.93. The predicted octanol–water partition coefficient (Wildman–Crippen LogP) is 6.61. The number of benzene rings is 1. The van der Waals surface area contributed by atoms with E-state index >= 15 is 4.39 Å². The lowest BCUT2D eigenvalue weighted by Gasteiger charge is -2.36. The van der Waals surface area contributed by atoms with Crippen molar-refractivity contribution in [3.63, 3.8) is 0 Å². The summed E-state index contributed by atoms with van der Waals surface area (Å²) in [7, 11) is 1.39. The summed E-state index contributed by atoms with van der Waals surface area (Å²) in [5.41, 5.74) is 0.876. The predicted molar refractivity (Wildman–Crippen MR) is 176 cm³/mol. The third-order valence-corrected chi connectivity index (χ3v) is 8.45. The molecule has 252 valence electrons. The lowest BCUT2D eigenvalue weighted by molar-refractivity contribution is -0.142. The highest BCUT2D eigenvalue weighted by Crippen LogP contribution is 2.33. The quantitative estimate of drug-likeness (QED) is 0.240. The fourth-order valence-electron chi connectivity index (χ4n) is 5.57. The molecule has 4 heterocycles. The summed E-state index contributed by atoms with van der Waals surface area (Å²) in [5.74, 6) is -0.159. The fraction of sp³-hybridized carbons (Fsp3) is 0.485. The van der Waals surface area contributed by atoms with Crippen molar-refractivity contribution in [3.05, 3.63) is 58.1 Å². The molecule has 0 atom stereocenters. The molecule has 5 rings (SSSR count). The largest absolute Gasteiger partial charge is 0.469 e. The van der Waals surface area contributed by atoms with Crippen LogP contribution >= 0.6 is 23.2 Å². The molecule has 0 N–H and O–H groups in total. The van der Waals surface area contributed by atoms with Gasteiger partial charge in [-0.1, -0.05) is 23.2 Å². The van der Waals surface area contributed by atoms with Crippen molar-refractivity contribution >= 4 is 41.1 Å². The molecule has 0 spiro atoms. The summed E-state index contributed by atoms with van der Waals surface area (Å²) in [6.07, 6.45) is 4.63. The van der Waals surface area contributed by atoms with E-state index in [4.69, 9.17) is 37.4 Å². The Morgan fingerprint density at radius 2 is 1.64 bits per heavy atom. The molecule has 14 heteroatoms. The molecule has 1 amide bonds. The Bertz CT molecular complexity index is 1550. The van der Waals surface area contributed by atoms with Gasteiger partial charge in [-0.25, -0.2) is 24.1 Å². The molecule has 2 fully saturated rings. The molecular formula is C33H39Cl2FN6O5. The first-order chi connectivity index (χ1) is 22.4. The van der Waals surface area contributed by atoms with Crippen LogP contribution in [0.1, 0.15) is 45.6 Å². The second-order valence-corrected chi connectivity index (χ2v) is 13.6. The zero-order chi connectivity index (χ0) is 33.7. The van der Waals surface area contributed by atoms with E-state index in [1.807, 2.05) is 25.7 Å². The van der Waals surface area contributed by atoms with Crippen molar-refractivity contribution in [3.8, 4) is 23.0 Å². The Morgan fingerprint density at radius 1 is 0.957 bits per heavy atom. The molecule has 2 aliphatic heterocycles. The Kier molecular flexibility index (Phi) is 11.0. The maximum Gasteiger partial charge on any atom is 0.410 e. The van der Waals surface area contributed by atoms with Crippen LogP contribution in [-0.2, 0) is 20.8 Å². The van der Waals surface area contributed by atoms with E-state index in [-0.39, 0.29) is 29.7 Å². The molecule has 2 saturated heterocycles. The average Bonchev–Trinajstić information content (AvgIpc) is 3.03. The number of methoxy groups -OCH3 is 1. The summed E-state index contributed by atoms with van der Waals surface area (Å²) in [6.45, 7) is 9.31. The number of amides is 1. The van der Waals surface area contributed by atoms with E-state index in [2.05, 4.69) is 19.9 Å². The van der Waals surface area contributed by atoms with Gasteiger partial charge in [-0.3, -0.25) is 9.69 Å². The van der Waals surface area contributed by atoms with Crippen molar-refractivity contribution in [1.82, 2.24) is 24.8 Å². The van der Waals surface area contributed by atoms with Crippen molar-refractivity contribution in [2.45, 2.75) is 52.2 Å². The highest BCUT2D eigenvalue weighted by Gasteiger charge is 2.27. The number of carbonyl (C=O) groups excluding carboxylic acids is 2. The van der Waals surface area contributed by atoms with Gasteiger partial charge >= 0.3 is 12.1 Å². The molecule has 1 aromatic carbocycles. The number of hydrogen-bond donors (Lipinski definition) is 0. The van der Waals surface area contributed by atoms with Gasteiger partial charge in [0.25, 0.3) is 5.88 Å². The molecule has 0 saturated carbocycles.